The van der Waals surface area contributed by atoms with Crippen molar-refractivity contribution in [3.63, 3.8) is 0 Å². The fraction of sp³-hybridized carbons (Fsp3) is 0. The summed E-state index contributed by atoms with van der Waals surface area (Å²) >= 11 is 2.90. The number of hydrogen-bond donors (Lipinski definition) is 0. The summed E-state index contributed by atoms with van der Waals surface area (Å²) in [7, 11) is 5.03. The van der Waals surface area contributed by atoms with Gasteiger partial charge in [0.2, 0.25) is 0 Å². The molecule has 0 radical (unpaired) electrons. The van der Waals surface area contributed by atoms with Gasteiger partial charge in [0, 0.05) is 0 Å². The first-order valence-corrected chi connectivity index (χ1v) is 7.85. The van der Waals surface area contributed by atoms with Crippen molar-refractivity contribution in [2.45, 2.75) is 0 Å². The van der Waals surface area contributed by atoms with Crippen LogP contribution in [-0.4, -0.2) is 0 Å². The molecule has 5 heavy (non-hydrogen) atoms. The van der Waals surface area contributed by atoms with Crippen LogP contribution in [0.5, 0.6) is 0 Å². The third kappa shape index (κ3) is 20.2. The SMILES string of the molecule is Cl[I-]Br.[Ag+].[Br-]. The molecule has 40 valence electrons. The predicted molar refractivity (Wildman–Crippen MR) is 14.8 cm³/mol. The zero-order valence-electron chi connectivity index (χ0n) is 1.81. The van der Waals surface area contributed by atoms with Crippen LogP contribution in [0.4, 0.5) is 0 Å². The van der Waals surface area contributed by atoms with Gasteiger partial charge in [-0.05, 0) is 0 Å². The molecular weight excluding hydrogens is 430 g/mol. The molecule has 0 saturated carbocycles. The Hall–Kier alpha value is 2.72. The van der Waals surface area contributed by atoms with E-state index < -0.39 is 0 Å². The van der Waals surface area contributed by atoms with Gasteiger partial charge >= 0.3 is 61.8 Å². The maximum absolute atomic E-state index is 5.03. The maximum atomic E-state index is 5.03. The van der Waals surface area contributed by atoms with Crippen LogP contribution in [0.15, 0.2) is 0 Å². The summed E-state index contributed by atoms with van der Waals surface area (Å²) in [6.07, 6.45) is 0. The van der Waals surface area contributed by atoms with Gasteiger partial charge in [-0.1, -0.05) is 0 Å². The van der Waals surface area contributed by atoms with Crippen LogP contribution >= 0.6 is 21.6 Å². The molecule has 0 aromatic heterocycles. The first-order valence-electron chi connectivity index (χ1n) is 0.286. The van der Waals surface area contributed by atoms with E-state index in [1.807, 2.05) is 0 Å². The van der Waals surface area contributed by atoms with E-state index in [9.17, 15) is 0 Å². The first kappa shape index (κ1) is 15.6. The molecule has 0 saturated heterocycles. The van der Waals surface area contributed by atoms with Crippen molar-refractivity contribution in [1.82, 2.24) is 0 Å². The first-order chi connectivity index (χ1) is 1.41. The third-order valence-corrected chi connectivity index (χ3v) is 0. The summed E-state index contributed by atoms with van der Waals surface area (Å²) in [5.74, 6) is 0. The molecule has 0 unspecified atom stereocenters. The molecule has 0 aliphatic rings. The van der Waals surface area contributed by atoms with Crippen molar-refractivity contribution in [3.05, 3.63) is 0 Å². The topological polar surface area (TPSA) is 0 Å². The molecule has 0 aromatic rings. The van der Waals surface area contributed by atoms with Gasteiger partial charge in [0.25, 0.3) is 0 Å². The second-order valence-electron chi connectivity index (χ2n) is 0.0540. The van der Waals surface area contributed by atoms with E-state index in [0.717, 1.165) is 0 Å². The molecule has 0 N–H and O–H groups in total. The zero-order valence-corrected chi connectivity index (χ0v) is 9.38. The Morgan fingerprint density at radius 2 is 1.60 bits per heavy atom. The Morgan fingerprint density at radius 3 is 1.60 bits per heavy atom. The Bertz CT molecular complexity index is 9.61. The predicted octanol–water partition coefficient (Wildman–Crippen LogP) is -4.46. The van der Waals surface area contributed by atoms with Crippen molar-refractivity contribution in [2.75, 3.05) is 0 Å². The number of rotatable bonds is 0. The van der Waals surface area contributed by atoms with E-state index in [1.54, 1.807) is 0 Å². The minimum Gasteiger partial charge on any atom is -1.00 e. The van der Waals surface area contributed by atoms with Crippen LogP contribution in [0.2, 0.25) is 0 Å². The monoisotopic (exact) mass is 427 g/mol. The second-order valence-corrected chi connectivity index (χ2v) is 5.65. The summed E-state index contributed by atoms with van der Waals surface area (Å²) in [6, 6.07) is 0. The van der Waals surface area contributed by atoms with Crippen molar-refractivity contribution >= 4 is 21.6 Å². The van der Waals surface area contributed by atoms with Crippen molar-refractivity contribution in [2.24, 2.45) is 0 Å². The number of hydrogen-bond acceptors (Lipinski definition) is 0. The molecule has 0 aromatic carbocycles. The van der Waals surface area contributed by atoms with E-state index >= 15 is 0 Å². The van der Waals surface area contributed by atoms with Crippen molar-refractivity contribution in [3.8, 4) is 0 Å². The molecule has 0 fully saturated rings. The summed E-state index contributed by atoms with van der Waals surface area (Å²) in [5.41, 5.74) is 0. The largest absolute Gasteiger partial charge is 1.00 e. The van der Waals surface area contributed by atoms with Crippen LogP contribution < -0.4 is 34.8 Å². The molecule has 0 nitrogen and oxygen atoms in total. The van der Waals surface area contributed by atoms with Crippen LogP contribution in [0.25, 0.3) is 0 Å². The second kappa shape index (κ2) is 15.9. The Balaban J connectivity index is -0.0000000200. The zero-order chi connectivity index (χ0) is 2.71. The van der Waals surface area contributed by atoms with Crippen LogP contribution in [0.1, 0.15) is 0 Å². The Kier molecular flexibility index (Phi) is 49.7. The normalized spacial score (nSPS) is 4.40. The molecule has 0 spiro atoms. The quantitative estimate of drug-likeness (QED) is 0.269. The van der Waals surface area contributed by atoms with Crippen LogP contribution in [0.3, 0.4) is 0 Å². The molecule has 5 heteroatoms. The van der Waals surface area contributed by atoms with E-state index in [-0.39, 0.29) is 57.2 Å². The van der Waals surface area contributed by atoms with Crippen LogP contribution in [0, 0.1) is 0 Å². The fourth-order valence-corrected chi connectivity index (χ4v) is 0. The molecule has 0 atom stereocenters. The van der Waals surface area contributed by atoms with Crippen molar-refractivity contribution in [1.29, 1.82) is 0 Å². The van der Waals surface area contributed by atoms with Gasteiger partial charge in [-0.2, -0.15) is 0 Å². The molecule has 0 aliphatic carbocycles. The minimum atomic E-state index is -0.125. The van der Waals surface area contributed by atoms with Gasteiger partial charge in [-0.25, -0.2) is 0 Å². The molecule has 0 rings (SSSR count). The van der Waals surface area contributed by atoms with Gasteiger partial charge in [-0.15, -0.1) is 0 Å². The Labute approximate surface area is 77.4 Å². The van der Waals surface area contributed by atoms with Crippen LogP contribution in [-0.2, 0) is 22.4 Å². The summed E-state index contributed by atoms with van der Waals surface area (Å²) in [6.45, 7) is 0. The molecular formula is AgBr2ClI-. The van der Waals surface area contributed by atoms with E-state index in [1.165, 1.54) is 0 Å². The average Bonchev–Trinajstić information content (AvgIpc) is 0.918. The van der Waals surface area contributed by atoms with Gasteiger partial charge in [0.05, 0.1) is 0 Å². The number of halogens is 4. The fourth-order valence-electron chi connectivity index (χ4n) is 0. The summed E-state index contributed by atoms with van der Waals surface area (Å²) in [5, 5.41) is 0. The molecule has 0 heterocycles. The Morgan fingerprint density at radius 1 is 1.60 bits per heavy atom. The average molecular weight is 430 g/mol. The van der Waals surface area contributed by atoms with Gasteiger partial charge < -0.3 is 17.0 Å². The van der Waals surface area contributed by atoms with Crippen molar-refractivity contribution < 1.29 is 57.2 Å². The summed E-state index contributed by atoms with van der Waals surface area (Å²) in [4.78, 5) is 0. The third-order valence-electron chi connectivity index (χ3n) is 0. The van der Waals surface area contributed by atoms with Gasteiger partial charge in [0.1, 0.15) is 0 Å². The van der Waals surface area contributed by atoms with E-state index in [2.05, 4.69) is 12.7 Å². The maximum Gasteiger partial charge on any atom is 1.00 e. The van der Waals surface area contributed by atoms with Gasteiger partial charge in [-0.3, -0.25) is 0 Å². The molecule has 0 amide bonds. The standard InChI is InChI=1S/Ag.BrClI.BrH/c;1-3-2;/h;;1H/q+1;-1;/p-1. The van der Waals surface area contributed by atoms with E-state index in [4.69, 9.17) is 8.91 Å². The minimum absolute atomic E-state index is 0. The molecule has 0 aliphatic heterocycles. The van der Waals surface area contributed by atoms with E-state index in [0.29, 0.717) is 0 Å². The molecule has 0 bridgehead atoms. The van der Waals surface area contributed by atoms with Gasteiger partial charge in [0.15, 0.2) is 0 Å². The summed E-state index contributed by atoms with van der Waals surface area (Å²) < 4.78 is 0. The smallest absolute Gasteiger partial charge is 1.00 e.